The van der Waals surface area contributed by atoms with Gasteiger partial charge in [-0.2, -0.15) is 11.8 Å². The summed E-state index contributed by atoms with van der Waals surface area (Å²) in [6.45, 7) is 6.47. The molecule has 5 heteroatoms. The summed E-state index contributed by atoms with van der Waals surface area (Å²) in [6, 6.07) is 1.06. The van der Waals surface area contributed by atoms with E-state index in [9.17, 15) is 0 Å². The third-order valence-electron chi connectivity index (χ3n) is 2.94. The van der Waals surface area contributed by atoms with E-state index in [1.165, 1.54) is 27.9 Å². The van der Waals surface area contributed by atoms with Crippen LogP contribution in [0.1, 0.15) is 29.8 Å². The lowest BCUT2D eigenvalue weighted by Gasteiger charge is -2.30. The van der Waals surface area contributed by atoms with Gasteiger partial charge in [0, 0.05) is 41.7 Å². The third-order valence-corrected chi connectivity index (χ3v) is 5.06. The van der Waals surface area contributed by atoms with E-state index in [0.717, 1.165) is 6.54 Å². The quantitative estimate of drug-likeness (QED) is 0.910. The van der Waals surface area contributed by atoms with E-state index in [2.05, 4.69) is 36.1 Å². The highest BCUT2D eigenvalue weighted by atomic mass is 32.2. The van der Waals surface area contributed by atoms with Crippen LogP contribution in [0.3, 0.4) is 0 Å². The molecule has 1 aliphatic rings. The van der Waals surface area contributed by atoms with Crippen molar-refractivity contribution in [2.24, 2.45) is 0 Å². The average Bonchev–Trinajstić information content (AvgIpc) is 2.75. The lowest BCUT2D eigenvalue weighted by Crippen LogP contribution is -2.32. The van der Waals surface area contributed by atoms with Gasteiger partial charge in [0.25, 0.3) is 0 Å². The normalized spacial score (nSPS) is 22.2. The van der Waals surface area contributed by atoms with Gasteiger partial charge >= 0.3 is 0 Å². The van der Waals surface area contributed by atoms with Crippen LogP contribution in [-0.2, 0) is 6.54 Å². The number of aromatic nitrogens is 1. The Labute approximate surface area is 112 Å². The van der Waals surface area contributed by atoms with Gasteiger partial charge < -0.3 is 5.32 Å². The lowest BCUT2D eigenvalue weighted by molar-refractivity contribution is 0.274. The fourth-order valence-corrected chi connectivity index (χ4v) is 4.17. The maximum atomic E-state index is 4.59. The Morgan fingerprint density at radius 2 is 2.41 bits per heavy atom. The van der Waals surface area contributed by atoms with Crippen LogP contribution in [-0.4, -0.2) is 41.0 Å². The predicted molar refractivity (Wildman–Crippen MR) is 76.8 cm³/mol. The van der Waals surface area contributed by atoms with Crippen molar-refractivity contribution in [1.29, 1.82) is 0 Å². The van der Waals surface area contributed by atoms with Crippen molar-refractivity contribution in [2.45, 2.75) is 32.5 Å². The first-order chi connectivity index (χ1) is 8.16. The molecule has 0 aromatic carbocycles. The van der Waals surface area contributed by atoms with Gasteiger partial charge in [-0.1, -0.05) is 13.8 Å². The minimum Gasteiger partial charge on any atom is -0.310 e. The molecule has 1 atom stereocenters. The number of nitrogens with one attached hydrogen (secondary N) is 1. The Hall–Kier alpha value is -0.100. The van der Waals surface area contributed by atoms with Crippen LogP contribution in [0.4, 0.5) is 0 Å². The molecular weight excluding hydrogens is 250 g/mol. The van der Waals surface area contributed by atoms with E-state index in [4.69, 9.17) is 0 Å². The summed E-state index contributed by atoms with van der Waals surface area (Å²) in [6.07, 6.45) is 2.03. The van der Waals surface area contributed by atoms with E-state index >= 15 is 0 Å². The highest BCUT2D eigenvalue weighted by molar-refractivity contribution is 7.99. The summed E-state index contributed by atoms with van der Waals surface area (Å²) >= 11 is 3.90. The Balaban J connectivity index is 1.97. The van der Waals surface area contributed by atoms with E-state index in [0.29, 0.717) is 12.1 Å². The summed E-state index contributed by atoms with van der Waals surface area (Å²) in [5, 5.41) is 4.72. The van der Waals surface area contributed by atoms with Crippen LogP contribution in [0.5, 0.6) is 0 Å². The van der Waals surface area contributed by atoms with Gasteiger partial charge in [0.2, 0.25) is 0 Å². The van der Waals surface area contributed by atoms with E-state index in [-0.39, 0.29) is 0 Å². The fourth-order valence-electron chi connectivity index (χ4n) is 1.81. The van der Waals surface area contributed by atoms with Crippen molar-refractivity contribution in [2.75, 3.05) is 25.1 Å². The molecule has 0 aliphatic carbocycles. The van der Waals surface area contributed by atoms with Crippen LogP contribution in [0.25, 0.3) is 0 Å². The molecular formula is C12H21N3S2. The molecule has 17 heavy (non-hydrogen) atoms. The lowest BCUT2D eigenvalue weighted by atomic mass is 10.3. The largest absolute Gasteiger partial charge is 0.310 e. The first kappa shape index (κ1) is 13.3. The number of hydrogen-bond donors (Lipinski definition) is 1. The smallest absolute Gasteiger partial charge is 0.111 e. The summed E-state index contributed by atoms with van der Waals surface area (Å²) in [4.78, 5) is 8.36. The molecule has 1 unspecified atom stereocenters. The molecule has 1 aliphatic heterocycles. The second-order valence-electron chi connectivity index (χ2n) is 4.77. The van der Waals surface area contributed by atoms with Gasteiger partial charge in [-0.25, -0.2) is 4.98 Å². The van der Waals surface area contributed by atoms with Gasteiger partial charge in [-0.05, 0) is 7.05 Å². The first-order valence-corrected chi connectivity index (χ1v) is 8.10. The van der Waals surface area contributed by atoms with Crippen LogP contribution < -0.4 is 5.32 Å². The number of hydrogen-bond acceptors (Lipinski definition) is 5. The van der Waals surface area contributed by atoms with Gasteiger partial charge in [0.1, 0.15) is 5.01 Å². The van der Waals surface area contributed by atoms with Crippen molar-refractivity contribution in [3.8, 4) is 0 Å². The molecule has 0 bridgehead atoms. The molecule has 2 heterocycles. The molecule has 2 rings (SSSR count). The summed E-state index contributed by atoms with van der Waals surface area (Å²) in [5.74, 6) is 2.43. The zero-order valence-electron chi connectivity index (χ0n) is 10.8. The Morgan fingerprint density at radius 1 is 1.59 bits per heavy atom. The maximum Gasteiger partial charge on any atom is 0.111 e. The Morgan fingerprint density at radius 3 is 3.12 bits per heavy atom. The van der Waals surface area contributed by atoms with E-state index < -0.39 is 0 Å². The summed E-state index contributed by atoms with van der Waals surface area (Å²) in [7, 11) is 2.21. The molecule has 1 N–H and O–H groups in total. The number of rotatable bonds is 4. The van der Waals surface area contributed by atoms with Crippen molar-refractivity contribution < 1.29 is 0 Å². The SMILES string of the molecule is CC(C)NCc1cnc(C2CSCCN2C)s1. The molecule has 1 aromatic heterocycles. The van der Waals surface area contributed by atoms with Crippen molar-refractivity contribution >= 4 is 23.1 Å². The van der Waals surface area contributed by atoms with Crippen LogP contribution in [0, 0.1) is 0 Å². The minimum atomic E-state index is 0.520. The fraction of sp³-hybridized carbons (Fsp3) is 0.750. The highest BCUT2D eigenvalue weighted by Gasteiger charge is 2.23. The molecule has 0 spiro atoms. The average molecular weight is 271 g/mol. The Bertz CT molecular complexity index is 351. The summed E-state index contributed by atoms with van der Waals surface area (Å²) < 4.78 is 0. The molecule has 1 fully saturated rings. The summed E-state index contributed by atoms with van der Waals surface area (Å²) in [5.41, 5.74) is 0. The highest BCUT2D eigenvalue weighted by Crippen LogP contribution is 2.30. The second-order valence-corrected chi connectivity index (χ2v) is 7.07. The Kier molecular flexibility index (Phi) is 4.85. The van der Waals surface area contributed by atoms with Gasteiger partial charge in [-0.3, -0.25) is 4.90 Å². The van der Waals surface area contributed by atoms with E-state index in [1.807, 2.05) is 29.3 Å². The maximum absolute atomic E-state index is 4.59. The zero-order chi connectivity index (χ0) is 12.3. The zero-order valence-corrected chi connectivity index (χ0v) is 12.4. The van der Waals surface area contributed by atoms with Crippen molar-refractivity contribution in [3.05, 3.63) is 16.1 Å². The molecule has 0 amide bonds. The van der Waals surface area contributed by atoms with Crippen LogP contribution in [0.15, 0.2) is 6.20 Å². The van der Waals surface area contributed by atoms with Crippen LogP contribution >= 0.6 is 23.1 Å². The van der Waals surface area contributed by atoms with Gasteiger partial charge in [-0.15, -0.1) is 11.3 Å². The van der Waals surface area contributed by atoms with Gasteiger partial charge in [0.05, 0.1) is 6.04 Å². The molecule has 0 radical (unpaired) electrons. The van der Waals surface area contributed by atoms with Crippen molar-refractivity contribution in [1.82, 2.24) is 15.2 Å². The molecule has 3 nitrogen and oxygen atoms in total. The second kappa shape index (κ2) is 6.18. The minimum absolute atomic E-state index is 0.520. The van der Waals surface area contributed by atoms with Crippen LogP contribution in [0.2, 0.25) is 0 Å². The predicted octanol–water partition coefficient (Wildman–Crippen LogP) is 2.36. The number of thioether (sulfide) groups is 1. The monoisotopic (exact) mass is 271 g/mol. The molecule has 1 aromatic rings. The number of thiazole rings is 1. The van der Waals surface area contributed by atoms with Gasteiger partial charge in [0.15, 0.2) is 0 Å². The standard InChI is InChI=1S/C12H21N3S2/c1-9(2)13-6-10-7-14-12(17-10)11-8-16-5-4-15(11)3/h7,9,11,13H,4-6,8H2,1-3H3. The molecule has 0 saturated carbocycles. The van der Waals surface area contributed by atoms with E-state index in [1.54, 1.807) is 0 Å². The molecule has 1 saturated heterocycles. The topological polar surface area (TPSA) is 28.2 Å². The molecule has 96 valence electrons. The third kappa shape index (κ3) is 3.68. The van der Waals surface area contributed by atoms with Crippen molar-refractivity contribution in [3.63, 3.8) is 0 Å². The first-order valence-electron chi connectivity index (χ1n) is 6.13. The number of nitrogens with zero attached hydrogens (tertiary/aromatic N) is 2.